The summed E-state index contributed by atoms with van der Waals surface area (Å²) in [4.78, 5) is 27.9. The van der Waals surface area contributed by atoms with Gasteiger partial charge in [0.2, 0.25) is 11.8 Å². The van der Waals surface area contributed by atoms with E-state index in [4.69, 9.17) is 11.6 Å². The molecular weight excluding hydrogens is 360 g/mol. The van der Waals surface area contributed by atoms with Crippen molar-refractivity contribution in [2.24, 2.45) is 5.41 Å². The fourth-order valence-corrected chi connectivity index (χ4v) is 3.40. The molecule has 5 heteroatoms. The third-order valence-electron chi connectivity index (χ3n) is 5.07. The molecule has 27 heavy (non-hydrogen) atoms. The molecule has 2 aromatic carbocycles. The Hall–Kier alpha value is -2.33. The van der Waals surface area contributed by atoms with Crippen molar-refractivity contribution in [3.63, 3.8) is 0 Å². The van der Waals surface area contributed by atoms with Gasteiger partial charge in [-0.1, -0.05) is 60.1 Å². The van der Waals surface area contributed by atoms with Gasteiger partial charge in [0.1, 0.15) is 5.41 Å². The maximum atomic E-state index is 13.2. The largest absolute Gasteiger partial charge is 0.351 e. The Balaban J connectivity index is 1.69. The summed E-state index contributed by atoms with van der Waals surface area (Å²) >= 11 is 6.16. The molecule has 0 saturated heterocycles. The van der Waals surface area contributed by atoms with Gasteiger partial charge in [-0.3, -0.25) is 9.59 Å². The molecule has 0 aromatic heterocycles. The Labute approximate surface area is 165 Å². The van der Waals surface area contributed by atoms with Crippen molar-refractivity contribution < 1.29 is 9.59 Å². The minimum Gasteiger partial charge on any atom is -0.351 e. The smallest absolute Gasteiger partial charge is 0.238 e. The van der Waals surface area contributed by atoms with Gasteiger partial charge in [0.15, 0.2) is 0 Å². The van der Waals surface area contributed by atoms with Crippen LogP contribution in [0.2, 0.25) is 5.02 Å². The normalized spacial score (nSPS) is 14.7. The highest BCUT2D eigenvalue weighted by Gasteiger charge is 2.58. The molecule has 0 bridgehead atoms. The van der Waals surface area contributed by atoms with E-state index in [0.717, 1.165) is 11.1 Å². The lowest BCUT2D eigenvalue weighted by atomic mass is 10.0. The Bertz CT molecular complexity index is 816. The minimum atomic E-state index is -0.930. The fourth-order valence-electron chi connectivity index (χ4n) is 3.19. The molecule has 0 spiro atoms. The quantitative estimate of drug-likeness (QED) is 0.728. The van der Waals surface area contributed by atoms with E-state index < -0.39 is 5.41 Å². The van der Waals surface area contributed by atoms with Crippen molar-refractivity contribution in [2.75, 3.05) is 0 Å². The molecule has 3 rings (SSSR count). The number of carbonyl (C=O) groups is 2. The van der Waals surface area contributed by atoms with Crippen LogP contribution in [0.4, 0.5) is 0 Å². The van der Waals surface area contributed by atoms with E-state index in [1.807, 2.05) is 62.4 Å². The molecule has 0 aliphatic heterocycles. The van der Waals surface area contributed by atoms with Crippen LogP contribution in [0.5, 0.6) is 0 Å². The summed E-state index contributed by atoms with van der Waals surface area (Å²) in [6, 6.07) is 17.3. The first kappa shape index (κ1) is 19.4. The van der Waals surface area contributed by atoms with Gasteiger partial charge in [0.25, 0.3) is 0 Å². The van der Waals surface area contributed by atoms with Gasteiger partial charge in [-0.05, 0) is 43.9 Å². The van der Waals surface area contributed by atoms with E-state index in [-0.39, 0.29) is 17.9 Å². The number of nitrogens with zero attached hydrogens (tertiary/aromatic N) is 1. The molecule has 1 saturated carbocycles. The topological polar surface area (TPSA) is 49.4 Å². The van der Waals surface area contributed by atoms with Crippen LogP contribution in [0.25, 0.3) is 0 Å². The maximum Gasteiger partial charge on any atom is 0.238 e. The van der Waals surface area contributed by atoms with E-state index in [2.05, 4.69) is 5.32 Å². The van der Waals surface area contributed by atoms with Crippen LogP contribution >= 0.6 is 11.6 Å². The average molecular weight is 385 g/mol. The zero-order chi connectivity index (χ0) is 19.4. The van der Waals surface area contributed by atoms with Crippen LogP contribution in [0, 0.1) is 5.41 Å². The molecule has 0 heterocycles. The number of amides is 2. The van der Waals surface area contributed by atoms with Crippen molar-refractivity contribution in [1.82, 2.24) is 10.2 Å². The predicted octanol–water partition coefficient (Wildman–Crippen LogP) is 4.17. The SMILES string of the molecule is CC(C)N(Cc1ccccc1)C(=O)C1(C(=O)NCc2ccccc2Cl)CC1. The summed E-state index contributed by atoms with van der Waals surface area (Å²) in [7, 11) is 0. The number of benzene rings is 2. The maximum absolute atomic E-state index is 13.2. The van der Waals surface area contributed by atoms with Gasteiger partial charge in [-0.25, -0.2) is 0 Å². The lowest BCUT2D eigenvalue weighted by Crippen LogP contribution is -2.47. The number of hydrogen-bond acceptors (Lipinski definition) is 2. The zero-order valence-electron chi connectivity index (χ0n) is 15.7. The number of carbonyl (C=O) groups excluding carboxylic acids is 2. The van der Waals surface area contributed by atoms with Gasteiger partial charge in [0.05, 0.1) is 0 Å². The Morgan fingerprint density at radius 3 is 2.30 bits per heavy atom. The monoisotopic (exact) mass is 384 g/mol. The van der Waals surface area contributed by atoms with Gasteiger partial charge in [-0.15, -0.1) is 0 Å². The lowest BCUT2D eigenvalue weighted by molar-refractivity contribution is -0.146. The number of halogens is 1. The fraction of sp³-hybridized carbons (Fsp3) is 0.364. The molecule has 4 nitrogen and oxygen atoms in total. The number of rotatable bonds is 7. The molecule has 142 valence electrons. The molecule has 1 fully saturated rings. The van der Waals surface area contributed by atoms with Crippen molar-refractivity contribution in [3.8, 4) is 0 Å². The summed E-state index contributed by atoms with van der Waals surface area (Å²) < 4.78 is 0. The molecule has 0 atom stereocenters. The Kier molecular flexibility index (Phi) is 5.85. The standard InChI is InChI=1S/C22H25ClN2O2/c1-16(2)25(15-17-8-4-3-5-9-17)21(27)22(12-13-22)20(26)24-14-18-10-6-7-11-19(18)23/h3-11,16H,12-15H2,1-2H3,(H,24,26). The second kappa shape index (κ2) is 8.13. The van der Waals surface area contributed by atoms with Crippen LogP contribution in [0.3, 0.4) is 0 Å². The van der Waals surface area contributed by atoms with Crippen LogP contribution in [0.1, 0.15) is 37.8 Å². The number of hydrogen-bond donors (Lipinski definition) is 1. The molecular formula is C22H25ClN2O2. The highest BCUT2D eigenvalue weighted by atomic mass is 35.5. The molecule has 1 aliphatic rings. The van der Waals surface area contributed by atoms with E-state index >= 15 is 0 Å². The molecule has 2 aromatic rings. The predicted molar refractivity (Wildman–Crippen MR) is 107 cm³/mol. The van der Waals surface area contributed by atoms with Crippen LogP contribution < -0.4 is 5.32 Å². The highest BCUT2D eigenvalue weighted by molar-refractivity contribution is 6.31. The first-order valence-electron chi connectivity index (χ1n) is 9.31. The average Bonchev–Trinajstić information content (AvgIpc) is 3.47. The van der Waals surface area contributed by atoms with Gasteiger partial charge in [-0.2, -0.15) is 0 Å². The lowest BCUT2D eigenvalue weighted by Gasteiger charge is -2.30. The summed E-state index contributed by atoms with van der Waals surface area (Å²) in [5.41, 5.74) is 0.980. The first-order chi connectivity index (χ1) is 12.9. The van der Waals surface area contributed by atoms with Crippen molar-refractivity contribution in [3.05, 3.63) is 70.7 Å². The first-order valence-corrected chi connectivity index (χ1v) is 9.68. The van der Waals surface area contributed by atoms with E-state index in [9.17, 15) is 9.59 Å². The zero-order valence-corrected chi connectivity index (χ0v) is 16.5. The Morgan fingerprint density at radius 2 is 1.70 bits per heavy atom. The van der Waals surface area contributed by atoms with Gasteiger partial charge >= 0.3 is 0 Å². The molecule has 1 aliphatic carbocycles. The minimum absolute atomic E-state index is 0.0200. The van der Waals surface area contributed by atoms with Crippen LogP contribution in [0.15, 0.2) is 54.6 Å². The van der Waals surface area contributed by atoms with E-state index in [0.29, 0.717) is 31.0 Å². The van der Waals surface area contributed by atoms with E-state index in [1.165, 1.54) is 0 Å². The van der Waals surface area contributed by atoms with E-state index in [1.54, 1.807) is 11.0 Å². The summed E-state index contributed by atoms with van der Waals surface area (Å²) in [5.74, 6) is -0.288. The summed E-state index contributed by atoms with van der Waals surface area (Å²) in [6.07, 6.45) is 1.19. The Morgan fingerprint density at radius 1 is 1.07 bits per heavy atom. The molecule has 0 unspecified atom stereocenters. The van der Waals surface area contributed by atoms with Crippen molar-refractivity contribution in [2.45, 2.75) is 45.8 Å². The van der Waals surface area contributed by atoms with Crippen molar-refractivity contribution >= 4 is 23.4 Å². The molecule has 2 amide bonds. The summed E-state index contributed by atoms with van der Waals surface area (Å²) in [6.45, 7) is 4.81. The van der Waals surface area contributed by atoms with Gasteiger partial charge in [0, 0.05) is 24.2 Å². The molecule has 1 N–H and O–H groups in total. The number of nitrogens with one attached hydrogen (secondary N) is 1. The van der Waals surface area contributed by atoms with Crippen LogP contribution in [-0.4, -0.2) is 22.8 Å². The van der Waals surface area contributed by atoms with Crippen LogP contribution in [-0.2, 0) is 22.7 Å². The second-order valence-corrected chi connectivity index (χ2v) is 7.78. The summed E-state index contributed by atoms with van der Waals surface area (Å²) in [5, 5.41) is 3.52. The third kappa shape index (κ3) is 4.33. The second-order valence-electron chi connectivity index (χ2n) is 7.37. The van der Waals surface area contributed by atoms with Crippen molar-refractivity contribution in [1.29, 1.82) is 0 Å². The van der Waals surface area contributed by atoms with Gasteiger partial charge < -0.3 is 10.2 Å². The highest BCUT2D eigenvalue weighted by Crippen LogP contribution is 2.48. The third-order valence-corrected chi connectivity index (χ3v) is 5.44. The molecule has 0 radical (unpaired) electrons.